The Morgan fingerprint density at radius 2 is 1.69 bits per heavy atom. The van der Waals surface area contributed by atoms with Crippen LogP contribution in [0.2, 0.25) is 0 Å². The van der Waals surface area contributed by atoms with Crippen LogP contribution in [-0.4, -0.2) is 85.2 Å². The largest absolute Gasteiger partial charge is 0.488 e. The van der Waals surface area contributed by atoms with E-state index in [1.54, 1.807) is 0 Å². The van der Waals surface area contributed by atoms with E-state index in [4.69, 9.17) is 9.47 Å². The number of amides is 1. The molecule has 0 bridgehead atoms. The van der Waals surface area contributed by atoms with Gasteiger partial charge in [0.15, 0.2) is 0 Å². The molecule has 0 atom stereocenters. The Morgan fingerprint density at radius 3 is 2.44 bits per heavy atom. The predicted molar refractivity (Wildman–Crippen MR) is 124 cm³/mol. The molecule has 32 heavy (non-hydrogen) atoms. The minimum atomic E-state index is 0.0660. The topological polar surface area (TPSA) is 45.2 Å². The van der Waals surface area contributed by atoms with E-state index >= 15 is 0 Å². The molecule has 0 radical (unpaired) electrons. The minimum absolute atomic E-state index is 0.0660. The molecule has 6 nitrogen and oxygen atoms in total. The summed E-state index contributed by atoms with van der Waals surface area (Å²) in [7, 11) is 0. The smallest absolute Gasteiger partial charge is 0.254 e. The zero-order chi connectivity index (χ0) is 21.8. The van der Waals surface area contributed by atoms with Crippen LogP contribution in [0.25, 0.3) is 0 Å². The van der Waals surface area contributed by atoms with Crippen LogP contribution in [0.4, 0.5) is 0 Å². The Balaban J connectivity index is 1.06. The van der Waals surface area contributed by atoms with Crippen molar-refractivity contribution in [2.45, 2.75) is 31.5 Å². The fourth-order valence-electron chi connectivity index (χ4n) is 4.97. The van der Waals surface area contributed by atoms with E-state index in [1.807, 2.05) is 29.2 Å². The monoisotopic (exact) mass is 435 g/mol. The minimum Gasteiger partial charge on any atom is -0.488 e. The number of ether oxygens (including phenoxy) is 2. The van der Waals surface area contributed by atoms with E-state index in [0.717, 1.165) is 38.5 Å². The summed E-state index contributed by atoms with van der Waals surface area (Å²) in [4.78, 5) is 19.7. The first-order valence-corrected chi connectivity index (χ1v) is 11.9. The number of piperidine rings is 1. The van der Waals surface area contributed by atoms with Crippen LogP contribution < -0.4 is 4.74 Å². The van der Waals surface area contributed by atoms with Gasteiger partial charge in [0.2, 0.25) is 0 Å². The molecule has 1 amide bonds. The van der Waals surface area contributed by atoms with Gasteiger partial charge in [0.1, 0.15) is 11.9 Å². The van der Waals surface area contributed by atoms with Crippen LogP contribution in [0.1, 0.15) is 28.8 Å². The standard InChI is InChI=1S/C26H33N3O3/c30-26(28-13-15-31-16-14-28)22-7-4-8-24(17-22)32-25-19-29(20-25)23-9-11-27(12-10-23)18-21-5-2-1-3-6-21/h1-8,17,23,25H,9-16,18-20H2. The van der Waals surface area contributed by atoms with E-state index in [9.17, 15) is 4.79 Å². The maximum Gasteiger partial charge on any atom is 0.254 e. The van der Waals surface area contributed by atoms with Crippen molar-refractivity contribution in [3.05, 3.63) is 65.7 Å². The van der Waals surface area contributed by atoms with E-state index in [1.165, 1.54) is 18.4 Å². The van der Waals surface area contributed by atoms with Crippen molar-refractivity contribution in [3.8, 4) is 5.75 Å². The van der Waals surface area contributed by atoms with Crippen LogP contribution in [-0.2, 0) is 11.3 Å². The van der Waals surface area contributed by atoms with Crippen molar-refractivity contribution in [1.82, 2.24) is 14.7 Å². The fraction of sp³-hybridized carbons (Fsp3) is 0.500. The molecule has 0 N–H and O–H groups in total. The van der Waals surface area contributed by atoms with Gasteiger partial charge in [-0.25, -0.2) is 0 Å². The highest BCUT2D eigenvalue weighted by Gasteiger charge is 2.35. The summed E-state index contributed by atoms with van der Waals surface area (Å²) >= 11 is 0. The lowest BCUT2D eigenvalue weighted by atomic mass is 9.98. The van der Waals surface area contributed by atoms with Crippen LogP contribution in [0, 0.1) is 0 Å². The van der Waals surface area contributed by atoms with Crippen molar-refractivity contribution >= 4 is 5.91 Å². The van der Waals surface area contributed by atoms with E-state index in [2.05, 4.69) is 40.1 Å². The lowest BCUT2D eigenvalue weighted by Crippen LogP contribution is -2.59. The number of nitrogens with zero attached hydrogens (tertiary/aromatic N) is 3. The van der Waals surface area contributed by atoms with Gasteiger partial charge in [-0.2, -0.15) is 0 Å². The third-order valence-corrected chi connectivity index (χ3v) is 6.88. The summed E-state index contributed by atoms with van der Waals surface area (Å²) in [5, 5.41) is 0. The van der Waals surface area contributed by atoms with Gasteiger partial charge in [0.25, 0.3) is 5.91 Å². The second kappa shape index (κ2) is 10.0. The zero-order valence-electron chi connectivity index (χ0n) is 18.7. The van der Waals surface area contributed by atoms with Crippen molar-refractivity contribution in [2.75, 3.05) is 52.5 Å². The molecule has 3 saturated heterocycles. The number of benzene rings is 2. The molecule has 0 aromatic heterocycles. The van der Waals surface area contributed by atoms with Gasteiger partial charge in [-0.3, -0.25) is 14.6 Å². The first kappa shape index (κ1) is 21.4. The van der Waals surface area contributed by atoms with Crippen molar-refractivity contribution < 1.29 is 14.3 Å². The van der Waals surface area contributed by atoms with Crippen molar-refractivity contribution in [1.29, 1.82) is 0 Å². The molecule has 0 unspecified atom stereocenters. The van der Waals surface area contributed by atoms with E-state index < -0.39 is 0 Å². The molecule has 0 saturated carbocycles. The number of carbonyl (C=O) groups is 1. The van der Waals surface area contributed by atoms with E-state index in [-0.39, 0.29) is 12.0 Å². The number of hydrogen-bond donors (Lipinski definition) is 0. The second-order valence-electron chi connectivity index (χ2n) is 9.12. The van der Waals surface area contributed by atoms with Gasteiger partial charge in [0.05, 0.1) is 13.2 Å². The molecule has 3 aliphatic rings. The third-order valence-electron chi connectivity index (χ3n) is 6.88. The number of likely N-dealkylation sites (tertiary alicyclic amines) is 2. The average Bonchev–Trinajstić information content (AvgIpc) is 2.83. The number of rotatable bonds is 6. The summed E-state index contributed by atoms with van der Waals surface area (Å²) in [6, 6.07) is 19.1. The summed E-state index contributed by atoms with van der Waals surface area (Å²) in [5.41, 5.74) is 2.10. The Labute approximate surface area is 190 Å². The lowest BCUT2D eigenvalue weighted by molar-refractivity contribution is -0.0272. The van der Waals surface area contributed by atoms with Crippen LogP contribution in [0.5, 0.6) is 5.75 Å². The molecule has 170 valence electrons. The molecule has 3 fully saturated rings. The maximum absolute atomic E-state index is 12.7. The van der Waals surface area contributed by atoms with E-state index in [0.29, 0.717) is 37.9 Å². The first-order valence-electron chi connectivity index (χ1n) is 11.9. The molecule has 3 aliphatic heterocycles. The molecule has 3 heterocycles. The number of hydrogen-bond acceptors (Lipinski definition) is 5. The second-order valence-corrected chi connectivity index (χ2v) is 9.12. The number of morpholine rings is 1. The first-order chi connectivity index (χ1) is 15.7. The van der Waals surface area contributed by atoms with Crippen LogP contribution in [0.3, 0.4) is 0 Å². The molecule has 6 heteroatoms. The summed E-state index contributed by atoms with van der Waals surface area (Å²) in [6.45, 7) is 7.88. The van der Waals surface area contributed by atoms with Crippen molar-refractivity contribution in [2.24, 2.45) is 0 Å². The van der Waals surface area contributed by atoms with Crippen molar-refractivity contribution in [3.63, 3.8) is 0 Å². The lowest BCUT2D eigenvalue weighted by Gasteiger charge is -2.46. The van der Waals surface area contributed by atoms with Gasteiger partial charge in [-0.1, -0.05) is 36.4 Å². The molecule has 2 aromatic rings. The van der Waals surface area contributed by atoms with Crippen LogP contribution in [0.15, 0.2) is 54.6 Å². The van der Waals surface area contributed by atoms with Gasteiger partial charge in [-0.05, 0) is 49.7 Å². The summed E-state index contributed by atoms with van der Waals surface area (Å²) < 4.78 is 11.6. The predicted octanol–water partition coefficient (Wildman–Crippen LogP) is 2.89. The third kappa shape index (κ3) is 5.14. The molecular weight excluding hydrogens is 402 g/mol. The van der Waals surface area contributed by atoms with Gasteiger partial charge in [0, 0.05) is 44.3 Å². The Kier molecular flexibility index (Phi) is 6.72. The maximum atomic E-state index is 12.7. The average molecular weight is 436 g/mol. The Hall–Kier alpha value is -2.41. The molecule has 0 aliphatic carbocycles. The number of carbonyl (C=O) groups excluding carboxylic acids is 1. The molecule has 0 spiro atoms. The SMILES string of the molecule is O=C(c1cccc(OC2CN(C3CCN(Cc4ccccc4)CC3)C2)c1)N1CCOCC1. The summed E-state index contributed by atoms with van der Waals surface area (Å²) in [6.07, 6.45) is 2.66. The fourth-order valence-corrected chi connectivity index (χ4v) is 4.97. The zero-order valence-corrected chi connectivity index (χ0v) is 18.7. The Morgan fingerprint density at radius 1 is 0.938 bits per heavy atom. The molecule has 2 aromatic carbocycles. The highest BCUT2D eigenvalue weighted by molar-refractivity contribution is 5.94. The highest BCUT2D eigenvalue weighted by Crippen LogP contribution is 2.26. The van der Waals surface area contributed by atoms with Gasteiger partial charge < -0.3 is 14.4 Å². The summed E-state index contributed by atoms with van der Waals surface area (Å²) in [5.74, 6) is 0.864. The molecule has 5 rings (SSSR count). The highest BCUT2D eigenvalue weighted by atomic mass is 16.5. The van der Waals surface area contributed by atoms with Gasteiger partial charge >= 0.3 is 0 Å². The van der Waals surface area contributed by atoms with Gasteiger partial charge in [-0.15, -0.1) is 0 Å². The normalized spacial score (nSPS) is 21.3. The Bertz CT molecular complexity index is 886. The quantitative estimate of drug-likeness (QED) is 0.698. The van der Waals surface area contributed by atoms with Crippen LogP contribution >= 0.6 is 0 Å². The molecular formula is C26H33N3O3.